The Hall–Kier alpha value is -2.63. The average molecular weight is 368 g/mol. The number of hydrogen-bond acceptors (Lipinski definition) is 4. The number of rotatable bonds is 5. The minimum absolute atomic E-state index is 0.0804. The van der Waals surface area contributed by atoms with Crippen molar-refractivity contribution in [3.8, 4) is 11.3 Å². The lowest BCUT2D eigenvalue weighted by Crippen LogP contribution is -2.46. The summed E-state index contributed by atoms with van der Waals surface area (Å²) in [6.45, 7) is 0. The van der Waals surface area contributed by atoms with Crippen molar-refractivity contribution in [1.82, 2.24) is 9.88 Å². The molecule has 142 valence electrons. The van der Waals surface area contributed by atoms with Gasteiger partial charge in [-0.3, -0.25) is 4.79 Å². The van der Waals surface area contributed by atoms with Crippen molar-refractivity contribution >= 4 is 11.9 Å². The number of fused-ring (bicyclic) bond motifs is 1. The summed E-state index contributed by atoms with van der Waals surface area (Å²) in [5.41, 5.74) is 0.943. The summed E-state index contributed by atoms with van der Waals surface area (Å²) in [5, 5.41) is 9.57. The summed E-state index contributed by atoms with van der Waals surface area (Å²) in [5.74, 6) is 0.523. The maximum atomic E-state index is 12.9. The molecule has 1 aliphatic carbocycles. The maximum absolute atomic E-state index is 12.9. The number of carboxylic acid groups (broad SMARTS) is 1. The second-order valence-electron chi connectivity index (χ2n) is 7.49. The highest BCUT2D eigenvalue weighted by Gasteiger charge is 2.47. The first-order valence-electron chi connectivity index (χ1n) is 9.67. The van der Waals surface area contributed by atoms with Crippen molar-refractivity contribution < 1.29 is 19.1 Å². The van der Waals surface area contributed by atoms with E-state index in [-0.39, 0.29) is 18.4 Å². The summed E-state index contributed by atoms with van der Waals surface area (Å²) in [7, 11) is 0. The van der Waals surface area contributed by atoms with Gasteiger partial charge in [-0.1, -0.05) is 43.2 Å². The summed E-state index contributed by atoms with van der Waals surface area (Å²) in [4.78, 5) is 30.4. The molecule has 1 saturated carbocycles. The van der Waals surface area contributed by atoms with E-state index in [0.29, 0.717) is 30.4 Å². The molecule has 0 radical (unpaired) electrons. The Morgan fingerprint density at radius 1 is 1.19 bits per heavy atom. The zero-order chi connectivity index (χ0) is 18.8. The number of benzene rings is 1. The fourth-order valence-corrected chi connectivity index (χ4v) is 4.54. The third kappa shape index (κ3) is 3.61. The number of carbonyl (C=O) groups is 2. The van der Waals surface area contributed by atoms with E-state index in [1.54, 1.807) is 11.1 Å². The zero-order valence-electron chi connectivity index (χ0n) is 15.2. The minimum atomic E-state index is -0.889. The molecule has 1 aromatic carbocycles. The molecule has 6 nitrogen and oxygen atoms in total. The van der Waals surface area contributed by atoms with E-state index in [9.17, 15) is 14.7 Å². The topological polar surface area (TPSA) is 83.6 Å². The molecule has 2 aromatic rings. The molecule has 1 aromatic heterocycles. The molecule has 2 heterocycles. The quantitative estimate of drug-likeness (QED) is 0.873. The van der Waals surface area contributed by atoms with Crippen LogP contribution in [0.5, 0.6) is 0 Å². The van der Waals surface area contributed by atoms with Crippen LogP contribution >= 0.6 is 0 Å². The molecule has 0 spiro atoms. The van der Waals surface area contributed by atoms with E-state index in [1.165, 1.54) is 0 Å². The van der Waals surface area contributed by atoms with E-state index in [4.69, 9.17) is 4.42 Å². The number of aliphatic carboxylic acids is 1. The summed E-state index contributed by atoms with van der Waals surface area (Å²) < 4.78 is 5.77. The minimum Gasteiger partial charge on any atom is -0.480 e. The lowest BCUT2D eigenvalue weighted by molar-refractivity contribution is -0.149. The fraction of sp³-hybridized carbons (Fsp3) is 0.476. The maximum Gasteiger partial charge on any atom is 0.326 e. The Morgan fingerprint density at radius 2 is 1.96 bits per heavy atom. The van der Waals surface area contributed by atoms with E-state index >= 15 is 0 Å². The lowest BCUT2D eigenvalue weighted by Gasteiger charge is -2.33. The van der Waals surface area contributed by atoms with Gasteiger partial charge in [0.2, 0.25) is 5.91 Å². The molecule has 3 unspecified atom stereocenters. The van der Waals surface area contributed by atoms with Crippen molar-refractivity contribution in [2.75, 3.05) is 0 Å². The van der Waals surface area contributed by atoms with Crippen molar-refractivity contribution in [1.29, 1.82) is 0 Å². The Bertz CT molecular complexity index is 817. The van der Waals surface area contributed by atoms with Crippen LogP contribution in [-0.4, -0.2) is 39.0 Å². The monoisotopic (exact) mass is 368 g/mol. The van der Waals surface area contributed by atoms with E-state index in [0.717, 1.165) is 31.2 Å². The Labute approximate surface area is 158 Å². The van der Waals surface area contributed by atoms with Crippen molar-refractivity contribution in [3.63, 3.8) is 0 Å². The Balaban J connectivity index is 1.42. The van der Waals surface area contributed by atoms with Crippen LogP contribution in [0.25, 0.3) is 11.3 Å². The molecule has 1 aliphatic heterocycles. The van der Waals surface area contributed by atoms with Crippen LogP contribution in [0.4, 0.5) is 0 Å². The van der Waals surface area contributed by atoms with Gasteiger partial charge in [-0.25, -0.2) is 9.78 Å². The number of aryl methyl sites for hydroxylation is 1. The number of oxazole rings is 1. The number of aromatic nitrogens is 1. The number of amides is 1. The van der Waals surface area contributed by atoms with Gasteiger partial charge in [0.05, 0.1) is 6.20 Å². The van der Waals surface area contributed by atoms with Crippen molar-refractivity contribution in [2.24, 2.45) is 5.92 Å². The molecular weight excluding hydrogens is 344 g/mol. The van der Waals surface area contributed by atoms with E-state index < -0.39 is 12.0 Å². The van der Waals surface area contributed by atoms with Crippen molar-refractivity contribution in [2.45, 2.75) is 57.0 Å². The average Bonchev–Trinajstić information content (AvgIpc) is 3.32. The summed E-state index contributed by atoms with van der Waals surface area (Å²) in [6, 6.07) is 9.09. The molecular formula is C21H24N2O4. The van der Waals surface area contributed by atoms with Crippen LogP contribution in [0.2, 0.25) is 0 Å². The van der Waals surface area contributed by atoms with Gasteiger partial charge in [0.1, 0.15) is 6.04 Å². The van der Waals surface area contributed by atoms with Gasteiger partial charge in [-0.05, 0) is 25.2 Å². The first-order chi connectivity index (χ1) is 13.1. The number of nitrogens with zero attached hydrogens (tertiary/aromatic N) is 2. The second kappa shape index (κ2) is 7.55. The Kier molecular flexibility index (Phi) is 4.97. The van der Waals surface area contributed by atoms with Gasteiger partial charge < -0.3 is 14.4 Å². The van der Waals surface area contributed by atoms with Gasteiger partial charge in [0, 0.05) is 24.4 Å². The van der Waals surface area contributed by atoms with Gasteiger partial charge in [0.15, 0.2) is 11.7 Å². The summed E-state index contributed by atoms with van der Waals surface area (Å²) in [6.07, 6.45) is 7.00. The third-order valence-corrected chi connectivity index (χ3v) is 5.83. The van der Waals surface area contributed by atoms with Gasteiger partial charge in [-0.15, -0.1) is 0 Å². The largest absolute Gasteiger partial charge is 0.480 e. The number of carbonyl (C=O) groups excluding carboxylic acids is 1. The molecule has 27 heavy (non-hydrogen) atoms. The highest BCUT2D eigenvalue weighted by molar-refractivity contribution is 5.85. The number of carboxylic acids is 1. The SMILES string of the molecule is O=C(O)C1CC2CCCCC2N1C(=O)CCc1ncc(-c2ccccc2)o1. The fourth-order valence-electron chi connectivity index (χ4n) is 4.54. The standard InChI is InChI=1S/C21H24N2O4/c24-20(23-16-9-5-4-8-15(16)12-17(23)21(25)26)11-10-19-22-13-18(27-19)14-6-2-1-3-7-14/h1-3,6-7,13,15-17H,4-5,8-12H2,(H,25,26). The molecule has 2 aliphatic rings. The van der Waals surface area contributed by atoms with Crippen LogP contribution in [0.3, 0.4) is 0 Å². The molecule has 4 rings (SSSR count). The predicted molar refractivity (Wildman–Crippen MR) is 98.9 cm³/mol. The highest BCUT2D eigenvalue weighted by Crippen LogP contribution is 2.40. The molecule has 1 saturated heterocycles. The van der Waals surface area contributed by atoms with Crippen LogP contribution in [0, 0.1) is 5.92 Å². The zero-order valence-corrected chi connectivity index (χ0v) is 15.2. The Morgan fingerprint density at radius 3 is 2.74 bits per heavy atom. The smallest absolute Gasteiger partial charge is 0.326 e. The van der Waals surface area contributed by atoms with Crippen LogP contribution in [-0.2, 0) is 16.0 Å². The van der Waals surface area contributed by atoms with E-state index in [1.807, 2.05) is 30.3 Å². The van der Waals surface area contributed by atoms with Crippen molar-refractivity contribution in [3.05, 3.63) is 42.4 Å². The molecule has 1 N–H and O–H groups in total. The normalized spacial score (nSPS) is 24.6. The highest BCUT2D eigenvalue weighted by atomic mass is 16.4. The van der Waals surface area contributed by atoms with Crippen LogP contribution < -0.4 is 0 Å². The second-order valence-corrected chi connectivity index (χ2v) is 7.49. The van der Waals surface area contributed by atoms with Gasteiger partial charge in [-0.2, -0.15) is 0 Å². The molecule has 6 heteroatoms. The summed E-state index contributed by atoms with van der Waals surface area (Å²) >= 11 is 0. The molecule has 3 atom stereocenters. The molecule has 1 amide bonds. The molecule has 2 fully saturated rings. The first-order valence-corrected chi connectivity index (χ1v) is 9.67. The third-order valence-electron chi connectivity index (χ3n) is 5.83. The van der Waals surface area contributed by atoms with E-state index in [2.05, 4.69) is 4.98 Å². The lowest BCUT2D eigenvalue weighted by atomic mass is 9.84. The first kappa shape index (κ1) is 17.8. The van der Waals surface area contributed by atoms with Crippen LogP contribution in [0.1, 0.15) is 44.4 Å². The van der Waals surface area contributed by atoms with Crippen LogP contribution in [0.15, 0.2) is 40.9 Å². The number of likely N-dealkylation sites (tertiary alicyclic amines) is 1. The van der Waals surface area contributed by atoms with Gasteiger partial charge >= 0.3 is 5.97 Å². The number of hydrogen-bond donors (Lipinski definition) is 1. The van der Waals surface area contributed by atoms with Gasteiger partial charge in [0.25, 0.3) is 0 Å². The predicted octanol–water partition coefficient (Wildman–Crippen LogP) is 3.52. The molecule has 0 bridgehead atoms.